The van der Waals surface area contributed by atoms with Crippen molar-refractivity contribution in [3.05, 3.63) is 52.4 Å². The normalized spacial score (nSPS) is 17.4. The third kappa shape index (κ3) is 4.38. The van der Waals surface area contributed by atoms with Gasteiger partial charge in [-0.05, 0) is 60.8 Å². The van der Waals surface area contributed by atoms with Crippen LogP contribution in [0.2, 0.25) is 0 Å². The number of hydrogen-bond acceptors (Lipinski definition) is 6. The second kappa shape index (κ2) is 9.52. The van der Waals surface area contributed by atoms with Crippen LogP contribution >= 0.6 is 15.9 Å². The van der Waals surface area contributed by atoms with Gasteiger partial charge in [0, 0.05) is 5.92 Å². The van der Waals surface area contributed by atoms with E-state index in [2.05, 4.69) is 15.9 Å². The summed E-state index contributed by atoms with van der Waals surface area (Å²) in [5.41, 5.74) is -1.89. The van der Waals surface area contributed by atoms with E-state index in [4.69, 9.17) is 9.47 Å². The second-order valence-electron chi connectivity index (χ2n) is 6.19. The maximum absolute atomic E-state index is 13.0. The molecule has 0 spiro atoms. The van der Waals surface area contributed by atoms with Gasteiger partial charge in [0.2, 0.25) is 9.84 Å². The Morgan fingerprint density at radius 3 is 2.18 bits per heavy atom. The number of carbonyl (C=O) groups is 2. The van der Waals surface area contributed by atoms with E-state index in [1.807, 2.05) is 6.08 Å². The molecule has 0 radical (unpaired) electrons. The van der Waals surface area contributed by atoms with E-state index in [0.29, 0.717) is 12.8 Å². The summed E-state index contributed by atoms with van der Waals surface area (Å²) in [5, 5.41) is 0. The van der Waals surface area contributed by atoms with Gasteiger partial charge in [0.15, 0.2) is 5.41 Å². The molecule has 1 unspecified atom stereocenters. The average molecular weight is 471 g/mol. The highest BCUT2D eigenvalue weighted by Gasteiger charge is 2.53. The van der Waals surface area contributed by atoms with Crippen molar-refractivity contribution in [1.82, 2.24) is 0 Å². The number of benzene rings is 1. The minimum absolute atomic E-state index is 0.0432. The number of sulfone groups is 1. The lowest BCUT2D eigenvalue weighted by Crippen LogP contribution is -2.46. The fourth-order valence-electron chi connectivity index (χ4n) is 3.09. The number of rotatable bonds is 8. The van der Waals surface area contributed by atoms with E-state index in [0.717, 1.165) is 6.08 Å². The fourth-order valence-corrected chi connectivity index (χ4v) is 5.10. The molecule has 0 aromatic heterocycles. The van der Waals surface area contributed by atoms with Crippen LogP contribution in [0.3, 0.4) is 0 Å². The highest BCUT2D eigenvalue weighted by molar-refractivity contribution is 9.13. The summed E-state index contributed by atoms with van der Waals surface area (Å²) in [5.74, 6) is -2.22. The van der Waals surface area contributed by atoms with E-state index in [1.165, 1.54) is 12.1 Å². The Kier molecular flexibility index (Phi) is 7.60. The van der Waals surface area contributed by atoms with Gasteiger partial charge >= 0.3 is 11.9 Å². The monoisotopic (exact) mass is 470 g/mol. The lowest BCUT2D eigenvalue weighted by atomic mass is 9.74. The van der Waals surface area contributed by atoms with Gasteiger partial charge in [-0.1, -0.05) is 30.4 Å². The van der Waals surface area contributed by atoms with E-state index >= 15 is 0 Å². The zero-order valence-corrected chi connectivity index (χ0v) is 18.2. The molecule has 0 N–H and O–H groups in total. The molecule has 0 amide bonds. The van der Waals surface area contributed by atoms with Gasteiger partial charge in [-0.3, -0.25) is 9.59 Å². The average Bonchev–Trinajstić information content (AvgIpc) is 3.21. The second-order valence-corrected chi connectivity index (χ2v) is 9.48. The summed E-state index contributed by atoms with van der Waals surface area (Å²) < 4.78 is 36.0. The van der Waals surface area contributed by atoms with Crippen molar-refractivity contribution in [1.29, 1.82) is 0 Å². The molecule has 0 bridgehead atoms. The summed E-state index contributed by atoms with van der Waals surface area (Å²) in [4.78, 5) is 25.9. The maximum atomic E-state index is 13.0. The van der Waals surface area contributed by atoms with Crippen molar-refractivity contribution < 1.29 is 27.5 Å². The molecule has 0 saturated heterocycles. The van der Waals surface area contributed by atoms with E-state index in [9.17, 15) is 18.0 Å². The number of halogens is 1. The summed E-state index contributed by atoms with van der Waals surface area (Å²) in [7, 11) is -3.96. The van der Waals surface area contributed by atoms with Gasteiger partial charge in [-0.15, -0.1) is 0 Å². The largest absolute Gasteiger partial charge is 0.465 e. The van der Waals surface area contributed by atoms with Crippen molar-refractivity contribution >= 4 is 37.7 Å². The van der Waals surface area contributed by atoms with Crippen LogP contribution in [0.15, 0.2) is 57.3 Å². The summed E-state index contributed by atoms with van der Waals surface area (Å²) in [6, 6.07) is 7.77. The van der Waals surface area contributed by atoms with Crippen LogP contribution in [0.25, 0.3) is 0 Å². The van der Waals surface area contributed by atoms with E-state index in [1.54, 1.807) is 38.1 Å². The molecule has 0 fully saturated rings. The quantitative estimate of drug-likeness (QED) is 0.326. The van der Waals surface area contributed by atoms with Gasteiger partial charge in [0.05, 0.1) is 18.1 Å². The molecule has 1 aliphatic rings. The molecule has 1 aliphatic carbocycles. The molecule has 8 heteroatoms. The lowest BCUT2D eigenvalue weighted by molar-refractivity contribution is -0.170. The van der Waals surface area contributed by atoms with Crippen molar-refractivity contribution in [2.24, 2.45) is 11.3 Å². The van der Waals surface area contributed by atoms with Crippen LogP contribution in [-0.2, 0) is 28.9 Å². The molecule has 0 heterocycles. The molecule has 1 aromatic carbocycles. The zero-order valence-electron chi connectivity index (χ0n) is 15.8. The molecule has 0 aliphatic heterocycles. The highest BCUT2D eigenvalue weighted by Crippen LogP contribution is 2.42. The standard InChI is InChI=1S/C20H23BrO6S/c1-3-26-18(22)20(19(23)27-4-2,15-10-8-9-11-15)14-17(21)28(24,25)16-12-6-5-7-13-16/h5-8,10,12-15H,3-4,9,11H2,1-2H3/b17-14+. The first-order chi connectivity index (χ1) is 13.3. The third-order valence-electron chi connectivity index (χ3n) is 4.48. The first kappa shape index (κ1) is 22.4. The number of hydrogen-bond donors (Lipinski definition) is 0. The van der Waals surface area contributed by atoms with Crippen LogP contribution in [-0.4, -0.2) is 33.6 Å². The Morgan fingerprint density at radius 2 is 1.71 bits per heavy atom. The summed E-state index contributed by atoms with van der Waals surface area (Å²) in [6.45, 7) is 3.34. The van der Waals surface area contributed by atoms with Crippen molar-refractivity contribution in [2.45, 2.75) is 31.6 Å². The van der Waals surface area contributed by atoms with Gasteiger partial charge in [-0.2, -0.15) is 0 Å². The molecule has 1 atom stereocenters. The first-order valence-corrected chi connectivity index (χ1v) is 11.3. The minimum Gasteiger partial charge on any atom is -0.465 e. The predicted octanol–water partition coefficient (Wildman–Crippen LogP) is 3.78. The summed E-state index contributed by atoms with van der Waals surface area (Å²) in [6.07, 6.45) is 5.89. The van der Waals surface area contributed by atoms with Crippen molar-refractivity contribution in [3.63, 3.8) is 0 Å². The smallest absolute Gasteiger partial charge is 0.328 e. The number of carbonyl (C=O) groups excluding carboxylic acids is 2. The molecule has 28 heavy (non-hydrogen) atoms. The van der Waals surface area contributed by atoms with Crippen LogP contribution < -0.4 is 0 Å². The van der Waals surface area contributed by atoms with Crippen molar-refractivity contribution in [3.8, 4) is 0 Å². The highest BCUT2D eigenvalue weighted by atomic mass is 79.9. The third-order valence-corrected chi connectivity index (χ3v) is 7.51. The Hall–Kier alpha value is -1.93. The molecular weight excluding hydrogens is 448 g/mol. The first-order valence-electron chi connectivity index (χ1n) is 9.00. The van der Waals surface area contributed by atoms with E-state index < -0.39 is 33.1 Å². The van der Waals surface area contributed by atoms with Gasteiger partial charge < -0.3 is 9.47 Å². The number of esters is 2. The Bertz CT molecular complexity index is 855. The Balaban J connectivity index is 2.65. The van der Waals surface area contributed by atoms with Gasteiger partial charge in [-0.25, -0.2) is 8.42 Å². The molecule has 152 valence electrons. The zero-order chi connectivity index (χ0) is 20.8. The maximum Gasteiger partial charge on any atom is 0.328 e. The Morgan fingerprint density at radius 1 is 1.14 bits per heavy atom. The summed E-state index contributed by atoms with van der Waals surface area (Å²) >= 11 is 3.09. The van der Waals surface area contributed by atoms with Gasteiger partial charge in [0.25, 0.3) is 0 Å². The van der Waals surface area contributed by atoms with Crippen molar-refractivity contribution in [2.75, 3.05) is 13.2 Å². The molecule has 0 saturated carbocycles. The van der Waals surface area contributed by atoms with E-state index in [-0.39, 0.29) is 21.9 Å². The molecule has 1 aromatic rings. The topological polar surface area (TPSA) is 86.7 Å². The fraction of sp³-hybridized carbons (Fsp3) is 0.400. The SMILES string of the molecule is CCOC(=O)C(/C=C(\Br)S(=O)(=O)c1ccccc1)(C(=O)OCC)C1C=CCC1. The van der Waals surface area contributed by atoms with Gasteiger partial charge in [0.1, 0.15) is 3.81 Å². The predicted molar refractivity (Wildman–Crippen MR) is 108 cm³/mol. The minimum atomic E-state index is -3.96. The number of ether oxygens (including phenoxy) is 2. The van der Waals surface area contributed by atoms with Crippen LogP contribution in [0.4, 0.5) is 0 Å². The van der Waals surface area contributed by atoms with Crippen LogP contribution in [0.5, 0.6) is 0 Å². The number of allylic oxidation sites excluding steroid dienone is 2. The lowest BCUT2D eigenvalue weighted by Gasteiger charge is -2.31. The van der Waals surface area contributed by atoms with Crippen LogP contribution in [0.1, 0.15) is 26.7 Å². The molecular formula is C20H23BrO6S. The molecule has 6 nitrogen and oxygen atoms in total. The van der Waals surface area contributed by atoms with Crippen LogP contribution in [0, 0.1) is 11.3 Å². The molecule has 2 rings (SSSR count). The Labute approximate surface area is 173 Å².